The molecule has 140 valence electrons. The lowest BCUT2D eigenvalue weighted by Gasteiger charge is -2.25. The first kappa shape index (κ1) is 17.6. The molecule has 7 nitrogen and oxygen atoms in total. The van der Waals surface area contributed by atoms with Crippen molar-refractivity contribution in [1.82, 2.24) is 9.88 Å². The highest BCUT2D eigenvalue weighted by molar-refractivity contribution is 7.89. The van der Waals surface area contributed by atoms with Gasteiger partial charge in [0.15, 0.2) is 5.76 Å². The van der Waals surface area contributed by atoms with Gasteiger partial charge in [-0.25, -0.2) is 13.6 Å². The van der Waals surface area contributed by atoms with Crippen molar-refractivity contribution in [2.75, 3.05) is 13.1 Å². The minimum atomic E-state index is -3.92. The number of carbonyl (C=O) groups excluding carboxylic acids is 1. The molecule has 0 aliphatic carbocycles. The molecule has 0 saturated heterocycles. The van der Waals surface area contributed by atoms with Crippen LogP contribution >= 0.6 is 0 Å². The molecule has 3 aromatic rings. The van der Waals surface area contributed by atoms with E-state index < -0.39 is 10.0 Å². The summed E-state index contributed by atoms with van der Waals surface area (Å²) in [6.07, 6.45) is 4.71. The number of nitrogens with zero attached hydrogens (tertiary/aromatic N) is 1. The number of carbonyl (C=O) groups is 1. The number of hydrogen-bond donors (Lipinski definition) is 2. The lowest BCUT2D eigenvalue weighted by Crippen LogP contribution is -2.34. The van der Waals surface area contributed by atoms with Crippen molar-refractivity contribution in [2.24, 2.45) is 5.14 Å². The first-order chi connectivity index (χ1) is 12.8. The molecule has 0 saturated carbocycles. The van der Waals surface area contributed by atoms with Crippen LogP contribution < -0.4 is 5.14 Å². The normalized spacial score (nSPS) is 15.2. The molecule has 4 rings (SSSR count). The number of primary sulfonamides is 1. The molecule has 1 amide bonds. The fraction of sp³-hybridized carbons (Fsp3) is 0.211. The predicted molar refractivity (Wildman–Crippen MR) is 102 cm³/mol. The second-order valence-corrected chi connectivity index (χ2v) is 8.08. The van der Waals surface area contributed by atoms with Crippen molar-refractivity contribution in [3.05, 3.63) is 59.7 Å². The molecule has 0 atom stereocenters. The van der Waals surface area contributed by atoms with Gasteiger partial charge in [-0.1, -0.05) is 24.3 Å². The van der Waals surface area contributed by atoms with E-state index in [4.69, 9.17) is 9.56 Å². The standard InChI is InChI=1S/C19H19N3O4S/c1-12-18(27(20,24)25)10-17(26-12)19(23)22-8-6-13(7-9-22)15-11-21-16-5-3-2-4-14(15)16/h2-6,10-11,21H,7-9H2,1H3,(H2,20,24,25). The van der Waals surface area contributed by atoms with Crippen molar-refractivity contribution in [3.63, 3.8) is 0 Å². The zero-order valence-corrected chi connectivity index (χ0v) is 15.5. The minimum Gasteiger partial charge on any atom is -0.455 e. The fourth-order valence-corrected chi connectivity index (χ4v) is 4.16. The van der Waals surface area contributed by atoms with Gasteiger partial charge in [0.05, 0.1) is 0 Å². The van der Waals surface area contributed by atoms with E-state index in [1.807, 2.05) is 30.5 Å². The van der Waals surface area contributed by atoms with Crippen LogP contribution in [0.4, 0.5) is 0 Å². The Labute approximate surface area is 156 Å². The summed E-state index contributed by atoms with van der Waals surface area (Å²) in [5, 5.41) is 6.30. The Morgan fingerprint density at radius 1 is 1.30 bits per heavy atom. The molecule has 1 aliphatic heterocycles. The summed E-state index contributed by atoms with van der Waals surface area (Å²) in [7, 11) is -3.92. The number of nitrogens with two attached hydrogens (primary N) is 1. The molecular formula is C19H19N3O4S. The summed E-state index contributed by atoms with van der Waals surface area (Å²) < 4.78 is 28.4. The van der Waals surface area contributed by atoms with Gasteiger partial charge >= 0.3 is 0 Å². The van der Waals surface area contributed by atoms with Crippen molar-refractivity contribution in [2.45, 2.75) is 18.2 Å². The monoisotopic (exact) mass is 385 g/mol. The number of sulfonamides is 1. The Balaban J connectivity index is 1.56. The number of para-hydroxylation sites is 1. The summed E-state index contributed by atoms with van der Waals surface area (Å²) >= 11 is 0. The number of aromatic amines is 1. The lowest BCUT2D eigenvalue weighted by atomic mass is 9.99. The molecule has 2 aromatic heterocycles. The number of amides is 1. The minimum absolute atomic E-state index is 0.0135. The SMILES string of the molecule is Cc1oc(C(=O)N2CC=C(c3c[nH]c4ccccc34)CC2)cc1S(N)(=O)=O. The number of benzene rings is 1. The van der Waals surface area contributed by atoms with Crippen LogP contribution in [-0.4, -0.2) is 37.3 Å². The average molecular weight is 385 g/mol. The van der Waals surface area contributed by atoms with E-state index in [-0.39, 0.29) is 22.3 Å². The summed E-state index contributed by atoms with van der Waals surface area (Å²) in [6.45, 7) is 2.43. The van der Waals surface area contributed by atoms with E-state index in [0.29, 0.717) is 19.5 Å². The molecule has 0 unspecified atom stereocenters. The van der Waals surface area contributed by atoms with Gasteiger partial charge in [0.2, 0.25) is 10.0 Å². The van der Waals surface area contributed by atoms with E-state index in [1.54, 1.807) is 4.90 Å². The number of furan rings is 1. The molecule has 3 N–H and O–H groups in total. The second-order valence-electron chi connectivity index (χ2n) is 6.55. The van der Waals surface area contributed by atoms with E-state index in [2.05, 4.69) is 11.1 Å². The van der Waals surface area contributed by atoms with Gasteiger partial charge in [-0.05, 0) is 25.0 Å². The van der Waals surface area contributed by atoms with E-state index in [9.17, 15) is 13.2 Å². The summed E-state index contributed by atoms with van der Waals surface area (Å²) in [4.78, 5) is 17.4. The smallest absolute Gasteiger partial charge is 0.289 e. The van der Waals surface area contributed by atoms with Gasteiger partial charge in [0.1, 0.15) is 10.7 Å². The summed E-state index contributed by atoms with van der Waals surface area (Å²) in [5.74, 6) is -0.240. The second kappa shape index (κ2) is 6.40. The first-order valence-electron chi connectivity index (χ1n) is 8.52. The predicted octanol–water partition coefficient (Wildman–Crippen LogP) is 2.65. The maximum atomic E-state index is 12.7. The van der Waals surface area contributed by atoms with Gasteiger partial charge in [-0.15, -0.1) is 0 Å². The first-order valence-corrected chi connectivity index (χ1v) is 10.1. The van der Waals surface area contributed by atoms with E-state index >= 15 is 0 Å². The van der Waals surface area contributed by atoms with Crippen LogP contribution in [0.15, 0.2) is 51.9 Å². The molecule has 0 radical (unpaired) electrons. The maximum absolute atomic E-state index is 12.7. The third-order valence-electron chi connectivity index (χ3n) is 4.82. The van der Waals surface area contributed by atoms with Crippen LogP contribution in [0.1, 0.15) is 28.3 Å². The van der Waals surface area contributed by atoms with E-state index in [0.717, 1.165) is 16.5 Å². The quantitative estimate of drug-likeness (QED) is 0.722. The highest BCUT2D eigenvalue weighted by atomic mass is 32.2. The summed E-state index contributed by atoms with van der Waals surface area (Å²) in [5.41, 5.74) is 3.40. The van der Waals surface area contributed by atoms with Crippen LogP contribution in [-0.2, 0) is 10.0 Å². The van der Waals surface area contributed by atoms with E-state index in [1.165, 1.54) is 18.6 Å². The van der Waals surface area contributed by atoms with Crippen LogP contribution in [0, 0.1) is 6.92 Å². The molecule has 8 heteroatoms. The van der Waals surface area contributed by atoms with Crippen LogP contribution in [0.2, 0.25) is 0 Å². The molecule has 1 aromatic carbocycles. The largest absolute Gasteiger partial charge is 0.455 e. The van der Waals surface area contributed by atoms with Gasteiger partial charge in [0, 0.05) is 41.8 Å². The Hall–Kier alpha value is -2.84. The molecule has 0 bridgehead atoms. The average Bonchev–Trinajstić information content (AvgIpc) is 3.25. The van der Waals surface area contributed by atoms with Crippen LogP contribution in [0.25, 0.3) is 16.5 Å². The van der Waals surface area contributed by atoms with Gasteiger partial charge in [-0.2, -0.15) is 0 Å². The molecule has 1 aliphatic rings. The topological polar surface area (TPSA) is 109 Å². The number of H-pyrrole nitrogens is 1. The van der Waals surface area contributed by atoms with Gasteiger partial charge < -0.3 is 14.3 Å². The van der Waals surface area contributed by atoms with Gasteiger partial charge in [-0.3, -0.25) is 4.79 Å². The maximum Gasteiger partial charge on any atom is 0.289 e. The molecular weight excluding hydrogens is 366 g/mol. The molecule has 27 heavy (non-hydrogen) atoms. The van der Waals surface area contributed by atoms with Crippen LogP contribution in [0.5, 0.6) is 0 Å². The number of rotatable bonds is 3. The number of fused-ring (bicyclic) bond motifs is 1. The Morgan fingerprint density at radius 3 is 2.74 bits per heavy atom. The van der Waals surface area contributed by atoms with Crippen LogP contribution in [0.3, 0.4) is 0 Å². The zero-order valence-electron chi connectivity index (χ0n) is 14.7. The third kappa shape index (κ3) is 3.17. The Kier molecular flexibility index (Phi) is 4.16. The molecule has 0 fully saturated rings. The highest BCUT2D eigenvalue weighted by Crippen LogP contribution is 2.30. The van der Waals surface area contributed by atoms with Crippen molar-refractivity contribution >= 4 is 32.4 Å². The Bertz CT molecular complexity index is 1170. The van der Waals surface area contributed by atoms with Crippen molar-refractivity contribution < 1.29 is 17.6 Å². The fourth-order valence-electron chi connectivity index (χ4n) is 3.44. The highest BCUT2D eigenvalue weighted by Gasteiger charge is 2.26. The number of hydrogen-bond acceptors (Lipinski definition) is 4. The number of aryl methyl sites for hydroxylation is 1. The summed E-state index contributed by atoms with van der Waals surface area (Å²) in [6, 6.07) is 9.28. The third-order valence-corrected chi connectivity index (χ3v) is 5.84. The molecule has 3 heterocycles. The zero-order chi connectivity index (χ0) is 19.2. The Morgan fingerprint density at radius 2 is 2.07 bits per heavy atom. The van der Waals surface area contributed by atoms with Gasteiger partial charge in [0.25, 0.3) is 5.91 Å². The van der Waals surface area contributed by atoms with Crippen molar-refractivity contribution in [3.8, 4) is 0 Å². The number of nitrogens with one attached hydrogen (secondary N) is 1. The number of aromatic nitrogens is 1. The molecule has 0 spiro atoms. The lowest BCUT2D eigenvalue weighted by molar-refractivity contribution is 0.0739. The van der Waals surface area contributed by atoms with Crippen molar-refractivity contribution in [1.29, 1.82) is 0 Å².